The van der Waals surface area contributed by atoms with Crippen LogP contribution in [-0.2, 0) is 0 Å². The normalized spacial score (nSPS) is 11.2. The summed E-state index contributed by atoms with van der Waals surface area (Å²) in [7, 11) is 0. The Labute approximate surface area is 190 Å². The third-order valence-electron chi connectivity index (χ3n) is 5.95. The number of para-hydroxylation sites is 1. The van der Waals surface area contributed by atoms with Crippen molar-refractivity contribution >= 4 is 33.3 Å². The van der Waals surface area contributed by atoms with Gasteiger partial charge in [0.15, 0.2) is 0 Å². The van der Waals surface area contributed by atoms with Crippen molar-refractivity contribution in [2.24, 2.45) is 0 Å². The number of nitrogens with one attached hydrogen (secondary N) is 1. The van der Waals surface area contributed by atoms with Crippen LogP contribution in [0.15, 0.2) is 120 Å². The molecule has 158 valence electrons. The van der Waals surface area contributed by atoms with E-state index in [1.165, 1.54) is 12.1 Å². The van der Waals surface area contributed by atoms with Crippen molar-refractivity contribution in [1.82, 2.24) is 0 Å². The molecule has 1 aromatic heterocycles. The lowest BCUT2D eigenvalue weighted by Crippen LogP contribution is -1.92. The van der Waals surface area contributed by atoms with Gasteiger partial charge >= 0.3 is 0 Å². The Morgan fingerprint density at radius 2 is 1.24 bits per heavy atom. The Bertz CT molecular complexity index is 1570. The molecule has 0 spiro atoms. The van der Waals surface area contributed by atoms with Crippen LogP contribution in [0.3, 0.4) is 0 Å². The average molecular weight is 429 g/mol. The van der Waals surface area contributed by atoms with Gasteiger partial charge in [-0.3, -0.25) is 0 Å². The summed E-state index contributed by atoms with van der Waals surface area (Å²) in [4.78, 5) is 0. The number of halogens is 1. The van der Waals surface area contributed by atoms with Crippen LogP contribution >= 0.6 is 0 Å². The van der Waals surface area contributed by atoms with Crippen molar-refractivity contribution in [2.75, 3.05) is 5.32 Å². The van der Waals surface area contributed by atoms with Crippen LogP contribution in [0.1, 0.15) is 0 Å². The summed E-state index contributed by atoms with van der Waals surface area (Å²) in [6, 6.07) is 37.4. The zero-order chi connectivity index (χ0) is 22.2. The monoisotopic (exact) mass is 429 g/mol. The van der Waals surface area contributed by atoms with E-state index in [4.69, 9.17) is 4.42 Å². The van der Waals surface area contributed by atoms with E-state index in [9.17, 15) is 4.39 Å². The maximum atomic E-state index is 13.2. The minimum Gasteiger partial charge on any atom is -0.455 e. The number of rotatable bonds is 4. The molecule has 0 fully saturated rings. The quantitative estimate of drug-likeness (QED) is 0.303. The molecule has 2 nitrogen and oxygen atoms in total. The zero-order valence-electron chi connectivity index (χ0n) is 17.8. The van der Waals surface area contributed by atoms with Crippen molar-refractivity contribution in [3.05, 3.63) is 121 Å². The molecule has 0 aliphatic heterocycles. The second-order valence-corrected chi connectivity index (χ2v) is 8.04. The number of anilines is 2. The molecule has 0 amide bonds. The molecule has 6 rings (SSSR count). The van der Waals surface area contributed by atoms with Gasteiger partial charge in [-0.1, -0.05) is 72.8 Å². The summed E-state index contributed by atoms with van der Waals surface area (Å²) in [5, 5.41) is 5.72. The topological polar surface area (TPSA) is 25.2 Å². The van der Waals surface area contributed by atoms with Crippen LogP contribution in [0.5, 0.6) is 0 Å². The van der Waals surface area contributed by atoms with Crippen molar-refractivity contribution in [2.45, 2.75) is 0 Å². The standard InChI is InChI=1S/C30H20FNO/c31-23-14-10-20(11-15-23)21-12-16-24(17-13-21)32-27-19-18-25(22-6-2-1-3-7-22)30-29(27)26-8-4-5-9-28(26)33-30/h1-19,32H. The lowest BCUT2D eigenvalue weighted by atomic mass is 10.0. The molecule has 0 radical (unpaired) electrons. The highest BCUT2D eigenvalue weighted by molar-refractivity contribution is 6.15. The maximum absolute atomic E-state index is 13.2. The first kappa shape index (κ1) is 19.3. The predicted molar refractivity (Wildman–Crippen MR) is 134 cm³/mol. The molecule has 0 bridgehead atoms. The van der Waals surface area contributed by atoms with E-state index >= 15 is 0 Å². The molecule has 0 saturated heterocycles. The van der Waals surface area contributed by atoms with Gasteiger partial charge in [0.05, 0.1) is 11.1 Å². The van der Waals surface area contributed by atoms with Crippen molar-refractivity contribution in [1.29, 1.82) is 0 Å². The van der Waals surface area contributed by atoms with E-state index in [1.807, 2.05) is 60.7 Å². The lowest BCUT2D eigenvalue weighted by molar-refractivity contribution is 0.628. The fourth-order valence-electron chi connectivity index (χ4n) is 4.32. The molecule has 1 heterocycles. The van der Waals surface area contributed by atoms with Gasteiger partial charge in [0.1, 0.15) is 17.0 Å². The SMILES string of the molecule is Fc1ccc(-c2ccc(Nc3ccc(-c4ccccc4)c4oc5ccccc5c34)cc2)cc1. The first-order valence-electron chi connectivity index (χ1n) is 10.9. The van der Waals surface area contributed by atoms with Crippen LogP contribution in [0.25, 0.3) is 44.2 Å². The van der Waals surface area contributed by atoms with Crippen LogP contribution in [0.2, 0.25) is 0 Å². The molecule has 1 N–H and O–H groups in total. The van der Waals surface area contributed by atoms with Gasteiger partial charge in [-0.2, -0.15) is 0 Å². The lowest BCUT2D eigenvalue weighted by Gasteiger charge is -2.11. The van der Waals surface area contributed by atoms with E-state index in [-0.39, 0.29) is 5.82 Å². The first-order valence-corrected chi connectivity index (χ1v) is 10.9. The van der Waals surface area contributed by atoms with Crippen molar-refractivity contribution in [3.8, 4) is 22.3 Å². The van der Waals surface area contributed by atoms with Gasteiger partial charge in [0, 0.05) is 16.6 Å². The average Bonchev–Trinajstić information content (AvgIpc) is 3.26. The summed E-state index contributed by atoms with van der Waals surface area (Å²) in [5.74, 6) is -0.229. The highest BCUT2D eigenvalue weighted by atomic mass is 19.1. The molecule has 0 saturated carbocycles. The van der Waals surface area contributed by atoms with E-state index in [1.54, 1.807) is 12.1 Å². The third kappa shape index (κ3) is 3.54. The number of benzene rings is 5. The first-order chi connectivity index (χ1) is 16.3. The van der Waals surface area contributed by atoms with Crippen molar-refractivity contribution in [3.63, 3.8) is 0 Å². The molecule has 5 aromatic carbocycles. The summed E-state index contributed by atoms with van der Waals surface area (Å²) in [5.41, 5.74) is 7.91. The van der Waals surface area contributed by atoms with E-state index in [2.05, 4.69) is 35.6 Å². The zero-order valence-corrected chi connectivity index (χ0v) is 17.8. The van der Waals surface area contributed by atoms with Crippen molar-refractivity contribution < 1.29 is 8.81 Å². The summed E-state index contributed by atoms with van der Waals surface area (Å²) in [6.45, 7) is 0. The molecule has 0 atom stereocenters. The number of hydrogen-bond acceptors (Lipinski definition) is 2. The van der Waals surface area contributed by atoms with Crippen LogP contribution < -0.4 is 5.32 Å². The Morgan fingerprint density at radius 3 is 2.00 bits per heavy atom. The number of hydrogen-bond donors (Lipinski definition) is 1. The smallest absolute Gasteiger partial charge is 0.145 e. The highest BCUT2D eigenvalue weighted by Gasteiger charge is 2.16. The van der Waals surface area contributed by atoms with Gasteiger partial charge < -0.3 is 9.73 Å². The number of fused-ring (bicyclic) bond motifs is 3. The van der Waals surface area contributed by atoms with Gasteiger partial charge in [-0.25, -0.2) is 4.39 Å². The molecular weight excluding hydrogens is 409 g/mol. The largest absolute Gasteiger partial charge is 0.455 e. The van der Waals surface area contributed by atoms with Gasteiger partial charge in [0.2, 0.25) is 0 Å². The Kier molecular flexibility index (Phi) is 4.66. The minimum absolute atomic E-state index is 0.229. The predicted octanol–water partition coefficient (Wildman–Crippen LogP) is 8.80. The van der Waals surface area contributed by atoms with Crippen LogP contribution in [0, 0.1) is 5.82 Å². The molecule has 0 aliphatic carbocycles. The second kappa shape index (κ2) is 7.95. The second-order valence-electron chi connectivity index (χ2n) is 8.04. The third-order valence-corrected chi connectivity index (χ3v) is 5.95. The van der Waals surface area contributed by atoms with E-state index in [0.717, 1.165) is 55.6 Å². The van der Waals surface area contributed by atoms with E-state index in [0.29, 0.717) is 0 Å². The molecular formula is C30H20FNO. The summed E-state index contributed by atoms with van der Waals surface area (Å²) < 4.78 is 19.6. The van der Waals surface area contributed by atoms with Gasteiger partial charge in [-0.05, 0) is 59.2 Å². The molecule has 6 aromatic rings. The number of furan rings is 1. The highest BCUT2D eigenvalue weighted by Crippen LogP contribution is 2.41. The van der Waals surface area contributed by atoms with E-state index < -0.39 is 0 Å². The maximum Gasteiger partial charge on any atom is 0.145 e. The summed E-state index contributed by atoms with van der Waals surface area (Å²) >= 11 is 0. The van der Waals surface area contributed by atoms with Crippen LogP contribution in [0.4, 0.5) is 15.8 Å². The Morgan fingerprint density at radius 1 is 0.576 bits per heavy atom. The minimum atomic E-state index is -0.229. The van der Waals surface area contributed by atoms with Gasteiger partial charge in [-0.15, -0.1) is 0 Å². The fraction of sp³-hybridized carbons (Fsp3) is 0. The fourth-order valence-corrected chi connectivity index (χ4v) is 4.32. The summed E-state index contributed by atoms with van der Waals surface area (Å²) in [6.07, 6.45) is 0. The van der Waals surface area contributed by atoms with Gasteiger partial charge in [0.25, 0.3) is 0 Å². The molecule has 3 heteroatoms. The molecule has 0 unspecified atom stereocenters. The molecule has 33 heavy (non-hydrogen) atoms. The molecule has 0 aliphatic rings. The van der Waals surface area contributed by atoms with Crippen LogP contribution in [-0.4, -0.2) is 0 Å². The Hall–Kier alpha value is -4.37. The Balaban J connectivity index is 1.43.